The molecule has 0 spiro atoms. The van der Waals surface area contributed by atoms with Crippen LogP contribution in [0.5, 0.6) is 11.6 Å². The average molecular weight is 464 g/mol. The molecule has 0 N–H and O–H groups in total. The molecule has 1 saturated heterocycles. The number of nitrogens with zero attached hydrogens (tertiary/aromatic N) is 5. The fourth-order valence-electron chi connectivity index (χ4n) is 4.99. The van der Waals surface area contributed by atoms with E-state index in [1.165, 1.54) is 37.6 Å². The number of carbonyl (C=O) groups excluding carboxylic acids is 1. The third-order valence-corrected chi connectivity index (χ3v) is 6.74. The van der Waals surface area contributed by atoms with E-state index >= 15 is 0 Å². The van der Waals surface area contributed by atoms with Crippen molar-refractivity contribution in [2.24, 2.45) is 0 Å². The molecule has 1 aliphatic heterocycles. The van der Waals surface area contributed by atoms with Crippen LogP contribution in [0, 0.1) is 0 Å². The maximum absolute atomic E-state index is 12.4. The van der Waals surface area contributed by atoms with Gasteiger partial charge >= 0.3 is 6.09 Å². The van der Waals surface area contributed by atoms with E-state index in [4.69, 9.17) is 9.47 Å². The molecule has 2 aliphatic rings. The van der Waals surface area contributed by atoms with Crippen molar-refractivity contribution >= 4 is 17.1 Å². The molecule has 34 heavy (non-hydrogen) atoms. The number of carbonyl (C=O) groups is 1. The summed E-state index contributed by atoms with van der Waals surface area (Å²) in [6.45, 7) is 6.91. The Bertz CT molecular complexity index is 1140. The summed E-state index contributed by atoms with van der Waals surface area (Å²) in [5.41, 5.74) is 1.66. The molecule has 3 aromatic rings. The number of ether oxygens (including phenoxy) is 2. The normalized spacial score (nSPS) is 17.9. The van der Waals surface area contributed by atoms with Crippen molar-refractivity contribution in [3.05, 3.63) is 42.4 Å². The SMILES string of the molecule is CC(C)(C)OC(=O)N1CCC(n2ncc3c(Oc4ccc(C5CCCC5)cc4)ncnc32)CC1. The molecule has 2 aromatic heterocycles. The molecule has 1 aliphatic carbocycles. The predicted octanol–water partition coefficient (Wildman–Crippen LogP) is 5.85. The lowest BCUT2D eigenvalue weighted by Crippen LogP contribution is -2.42. The Morgan fingerprint density at radius 1 is 1.00 bits per heavy atom. The van der Waals surface area contributed by atoms with Crippen LogP contribution in [0.3, 0.4) is 0 Å². The highest BCUT2D eigenvalue weighted by molar-refractivity contribution is 5.80. The molecule has 8 heteroatoms. The van der Waals surface area contributed by atoms with Crippen LogP contribution >= 0.6 is 0 Å². The topological polar surface area (TPSA) is 82.4 Å². The maximum Gasteiger partial charge on any atom is 0.410 e. The van der Waals surface area contributed by atoms with Crippen molar-refractivity contribution in [3.8, 4) is 11.6 Å². The zero-order valence-electron chi connectivity index (χ0n) is 20.2. The monoisotopic (exact) mass is 463 g/mol. The molecule has 180 valence electrons. The van der Waals surface area contributed by atoms with Crippen molar-refractivity contribution < 1.29 is 14.3 Å². The van der Waals surface area contributed by atoms with Gasteiger partial charge in [0.05, 0.1) is 12.2 Å². The van der Waals surface area contributed by atoms with Gasteiger partial charge in [0.2, 0.25) is 5.88 Å². The van der Waals surface area contributed by atoms with Gasteiger partial charge in [-0.2, -0.15) is 5.10 Å². The molecule has 0 unspecified atom stereocenters. The van der Waals surface area contributed by atoms with E-state index in [1.807, 2.05) is 37.6 Å². The maximum atomic E-state index is 12.4. The fraction of sp³-hybridized carbons (Fsp3) is 0.538. The summed E-state index contributed by atoms with van der Waals surface area (Å²) in [4.78, 5) is 23.0. The summed E-state index contributed by atoms with van der Waals surface area (Å²) in [5.74, 6) is 1.95. The Hall–Kier alpha value is -3.16. The van der Waals surface area contributed by atoms with Gasteiger partial charge in [-0.25, -0.2) is 19.4 Å². The molecule has 0 bridgehead atoms. The van der Waals surface area contributed by atoms with Gasteiger partial charge in [-0.05, 0) is 70.1 Å². The molecule has 3 heterocycles. The summed E-state index contributed by atoms with van der Waals surface area (Å²) in [5, 5.41) is 5.41. The second kappa shape index (κ2) is 9.24. The number of hydrogen-bond acceptors (Lipinski definition) is 6. The number of benzene rings is 1. The van der Waals surface area contributed by atoms with E-state index < -0.39 is 5.60 Å². The number of amides is 1. The molecule has 0 atom stereocenters. The Labute approximate surface area is 200 Å². The van der Waals surface area contributed by atoms with Crippen molar-refractivity contribution in [3.63, 3.8) is 0 Å². The molecular weight excluding hydrogens is 430 g/mol. The first-order valence-electron chi connectivity index (χ1n) is 12.3. The zero-order valence-corrected chi connectivity index (χ0v) is 20.2. The number of rotatable bonds is 4. The first-order chi connectivity index (χ1) is 16.4. The number of likely N-dealkylation sites (tertiary alicyclic amines) is 1. The summed E-state index contributed by atoms with van der Waals surface area (Å²) in [6.07, 6.45) is 9.84. The number of hydrogen-bond donors (Lipinski definition) is 0. The summed E-state index contributed by atoms with van der Waals surface area (Å²) >= 11 is 0. The third-order valence-electron chi connectivity index (χ3n) is 6.74. The van der Waals surface area contributed by atoms with Crippen LogP contribution in [0.25, 0.3) is 11.0 Å². The second-order valence-corrected chi connectivity index (χ2v) is 10.4. The highest BCUT2D eigenvalue weighted by Crippen LogP contribution is 2.36. The van der Waals surface area contributed by atoms with Crippen molar-refractivity contribution in [1.29, 1.82) is 0 Å². The van der Waals surface area contributed by atoms with E-state index in [1.54, 1.807) is 11.1 Å². The highest BCUT2D eigenvalue weighted by Gasteiger charge is 2.29. The zero-order chi connectivity index (χ0) is 23.7. The minimum absolute atomic E-state index is 0.157. The van der Waals surface area contributed by atoms with Crippen LogP contribution in [-0.2, 0) is 4.74 Å². The third kappa shape index (κ3) is 4.86. The second-order valence-electron chi connectivity index (χ2n) is 10.4. The van der Waals surface area contributed by atoms with Crippen molar-refractivity contribution in [2.75, 3.05) is 13.1 Å². The average Bonchev–Trinajstić information content (AvgIpc) is 3.50. The van der Waals surface area contributed by atoms with Gasteiger partial charge in [-0.1, -0.05) is 25.0 Å². The Morgan fingerprint density at radius 3 is 2.38 bits per heavy atom. The molecule has 8 nitrogen and oxygen atoms in total. The quantitative estimate of drug-likeness (QED) is 0.483. The Balaban J connectivity index is 1.27. The van der Waals surface area contributed by atoms with Crippen LogP contribution in [0.15, 0.2) is 36.8 Å². The van der Waals surface area contributed by atoms with Crippen LogP contribution < -0.4 is 4.74 Å². The van der Waals surface area contributed by atoms with Gasteiger partial charge < -0.3 is 14.4 Å². The molecular formula is C26H33N5O3. The summed E-state index contributed by atoms with van der Waals surface area (Å²) in [6, 6.07) is 8.55. The minimum Gasteiger partial charge on any atom is -0.444 e. The molecule has 0 radical (unpaired) electrons. The summed E-state index contributed by atoms with van der Waals surface area (Å²) < 4.78 is 13.6. The summed E-state index contributed by atoms with van der Waals surface area (Å²) in [7, 11) is 0. The van der Waals surface area contributed by atoms with Gasteiger partial charge in [0.1, 0.15) is 23.1 Å². The standard InChI is InChI=1S/C26H33N5O3/c1-26(2,3)34-25(32)30-14-12-20(13-15-30)31-23-22(16-29-31)24(28-17-27-23)33-21-10-8-19(9-11-21)18-6-4-5-7-18/h8-11,16-18,20H,4-7,12-15H2,1-3H3. The fourth-order valence-corrected chi connectivity index (χ4v) is 4.99. The smallest absolute Gasteiger partial charge is 0.410 e. The Kier molecular flexibility index (Phi) is 6.15. The van der Waals surface area contributed by atoms with Gasteiger partial charge in [0.25, 0.3) is 0 Å². The lowest BCUT2D eigenvalue weighted by Gasteiger charge is -2.33. The lowest BCUT2D eigenvalue weighted by molar-refractivity contribution is 0.0186. The number of piperidine rings is 1. The first-order valence-corrected chi connectivity index (χ1v) is 12.3. The molecule has 1 aromatic carbocycles. The van der Waals surface area contributed by atoms with Crippen molar-refractivity contribution in [1.82, 2.24) is 24.6 Å². The molecule has 2 fully saturated rings. The van der Waals surface area contributed by atoms with Crippen LogP contribution in [0.4, 0.5) is 4.79 Å². The lowest BCUT2D eigenvalue weighted by atomic mass is 9.98. The number of aromatic nitrogens is 4. The van der Waals surface area contributed by atoms with E-state index in [-0.39, 0.29) is 12.1 Å². The minimum atomic E-state index is -0.490. The van der Waals surface area contributed by atoms with Gasteiger partial charge in [-0.3, -0.25) is 0 Å². The van der Waals surface area contributed by atoms with E-state index in [2.05, 4.69) is 27.2 Å². The molecule has 5 rings (SSSR count). The van der Waals surface area contributed by atoms with E-state index in [0.717, 1.165) is 29.6 Å². The van der Waals surface area contributed by atoms with Gasteiger partial charge in [0, 0.05) is 13.1 Å². The highest BCUT2D eigenvalue weighted by atomic mass is 16.6. The predicted molar refractivity (Wildman–Crippen MR) is 129 cm³/mol. The first kappa shape index (κ1) is 22.6. The van der Waals surface area contributed by atoms with Crippen molar-refractivity contribution in [2.45, 2.75) is 76.9 Å². The Morgan fingerprint density at radius 2 is 1.71 bits per heavy atom. The van der Waals surface area contributed by atoms with E-state index in [9.17, 15) is 4.79 Å². The van der Waals surface area contributed by atoms with Gasteiger partial charge in [-0.15, -0.1) is 0 Å². The number of fused-ring (bicyclic) bond motifs is 1. The van der Waals surface area contributed by atoms with Gasteiger partial charge in [0.15, 0.2) is 5.65 Å². The largest absolute Gasteiger partial charge is 0.444 e. The van der Waals surface area contributed by atoms with Crippen LogP contribution in [0.1, 0.15) is 76.8 Å². The molecule has 1 amide bonds. The van der Waals surface area contributed by atoms with Crippen LogP contribution in [-0.4, -0.2) is 49.4 Å². The van der Waals surface area contributed by atoms with E-state index in [0.29, 0.717) is 24.9 Å². The van der Waals surface area contributed by atoms with Crippen LogP contribution in [0.2, 0.25) is 0 Å². The molecule has 1 saturated carbocycles.